The molecule has 18 heavy (non-hydrogen) atoms. The van der Waals surface area contributed by atoms with Crippen molar-refractivity contribution in [1.82, 2.24) is 5.32 Å². The van der Waals surface area contributed by atoms with Gasteiger partial charge in [0.05, 0.1) is 16.1 Å². The summed E-state index contributed by atoms with van der Waals surface area (Å²) in [6.07, 6.45) is 4.14. The highest BCUT2D eigenvalue weighted by molar-refractivity contribution is 6.34. The Hall–Kier alpha value is -0.730. The van der Waals surface area contributed by atoms with E-state index in [1.165, 1.54) is 0 Å². The molecule has 0 spiro atoms. The van der Waals surface area contributed by atoms with Gasteiger partial charge in [0.15, 0.2) is 0 Å². The molecule has 1 saturated carbocycles. The van der Waals surface area contributed by atoms with Crippen molar-refractivity contribution in [2.24, 2.45) is 0 Å². The van der Waals surface area contributed by atoms with Crippen LogP contribution in [0.5, 0.6) is 0 Å². The topological polar surface area (TPSA) is 29.1 Å². The number of nitrogens with one attached hydrogen (secondary N) is 1. The monoisotopic (exact) mass is 285 g/mol. The highest BCUT2D eigenvalue weighted by Gasteiger charge is 2.34. The summed E-state index contributed by atoms with van der Waals surface area (Å²) >= 11 is 12.1. The third kappa shape index (κ3) is 2.81. The van der Waals surface area contributed by atoms with Crippen LogP contribution in [-0.2, 0) is 0 Å². The Labute approximate surface area is 118 Å². The summed E-state index contributed by atoms with van der Waals surface area (Å²) in [6, 6.07) is 5.46. The number of rotatable bonds is 3. The lowest BCUT2D eigenvalue weighted by molar-refractivity contribution is 0.0909. The number of hydrogen-bond acceptors (Lipinski definition) is 1. The maximum Gasteiger partial charge on any atom is 0.253 e. The zero-order valence-corrected chi connectivity index (χ0v) is 11.9. The molecule has 1 aliphatic rings. The van der Waals surface area contributed by atoms with Gasteiger partial charge in [-0.15, -0.1) is 11.6 Å². The molecule has 0 aliphatic heterocycles. The molecule has 1 aromatic carbocycles. The molecule has 0 aromatic heterocycles. The molecular formula is C14H17Cl2NO. The van der Waals surface area contributed by atoms with Gasteiger partial charge in [0.25, 0.3) is 5.91 Å². The third-order valence-electron chi connectivity index (χ3n) is 3.56. The summed E-state index contributed by atoms with van der Waals surface area (Å²) in [6.45, 7) is 1.95. The SMILES string of the molecule is Cc1ccc(C(=O)NC2(CCl)CCCC2)c(Cl)c1. The summed E-state index contributed by atoms with van der Waals surface area (Å²) < 4.78 is 0. The Morgan fingerprint density at radius 3 is 2.61 bits per heavy atom. The van der Waals surface area contributed by atoms with E-state index in [1.807, 2.05) is 13.0 Å². The number of benzene rings is 1. The first-order chi connectivity index (χ1) is 8.56. The Morgan fingerprint density at radius 2 is 2.06 bits per heavy atom. The molecule has 0 saturated heterocycles. The molecule has 1 N–H and O–H groups in total. The van der Waals surface area contributed by atoms with Gasteiger partial charge in [-0.3, -0.25) is 4.79 Å². The quantitative estimate of drug-likeness (QED) is 0.838. The number of carbonyl (C=O) groups is 1. The van der Waals surface area contributed by atoms with Crippen molar-refractivity contribution in [1.29, 1.82) is 0 Å². The summed E-state index contributed by atoms with van der Waals surface area (Å²) in [5.74, 6) is 0.338. The molecule has 1 aromatic rings. The van der Waals surface area contributed by atoms with E-state index < -0.39 is 0 Å². The maximum absolute atomic E-state index is 12.2. The molecule has 0 heterocycles. The average Bonchev–Trinajstić information content (AvgIpc) is 2.78. The Morgan fingerprint density at radius 1 is 1.39 bits per heavy atom. The minimum Gasteiger partial charge on any atom is -0.345 e. The summed E-state index contributed by atoms with van der Waals surface area (Å²) in [7, 11) is 0. The molecule has 98 valence electrons. The fourth-order valence-corrected chi connectivity index (χ4v) is 3.11. The van der Waals surface area contributed by atoms with Crippen LogP contribution in [0.25, 0.3) is 0 Å². The van der Waals surface area contributed by atoms with E-state index in [2.05, 4.69) is 5.32 Å². The van der Waals surface area contributed by atoms with Crippen molar-refractivity contribution in [3.63, 3.8) is 0 Å². The second-order valence-corrected chi connectivity index (χ2v) is 5.73. The molecule has 0 atom stereocenters. The van der Waals surface area contributed by atoms with Crippen molar-refractivity contribution in [2.75, 3.05) is 5.88 Å². The van der Waals surface area contributed by atoms with E-state index >= 15 is 0 Å². The van der Waals surface area contributed by atoms with Crippen LogP contribution in [0.4, 0.5) is 0 Å². The minimum absolute atomic E-state index is 0.123. The van der Waals surface area contributed by atoms with Gasteiger partial charge in [0, 0.05) is 5.88 Å². The summed E-state index contributed by atoms with van der Waals surface area (Å²) in [5, 5.41) is 3.56. The van der Waals surface area contributed by atoms with Crippen LogP contribution in [0.2, 0.25) is 5.02 Å². The molecule has 0 bridgehead atoms. The molecule has 2 nitrogen and oxygen atoms in total. The normalized spacial score (nSPS) is 17.7. The standard InChI is InChI=1S/C14H17Cl2NO/c1-10-4-5-11(12(16)8-10)13(18)17-14(9-15)6-2-3-7-14/h4-5,8H,2-3,6-7,9H2,1H3,(H,17,18). The number of aryl methyl sites for hydroxylation is 1. The number of hydrogen-bond donors (Lipinski definition) is 1. The first-order valence-corrected chi connectivity index (χ1v) is 7.12. The first kappa shape index (κ1) is 13.7. The largest absolute Gasteiger partial charge is 0.345 e. The van der Waals surface area contributed by atoms with Crippen molar-refractivity contribution in [3.8, 4) is 0 Å². The van der Waals surface area contributed by atoms with Crippen molar-refractivity contribution >= 4 is 29.1 Å². The number of halogens is 2. The van der Waals surface area contributed by atoms with Crippen LogP contribution in [0.3, 0.4) is 0 Å². The van der Waals surface area contributed by atoms with E-state index in [1.54, 1.807) is 12.1 Å². The van der Waals surface area contributed by atoms with Gasteiger partial charge in [-0.1, -0.05) is 30.5 Å². The maximum atomic E-state index is 12.2. The van der Waals surface area contributed by atoms with E-state index in [0.29, 0.717) is 16.5 Å². The van der Waals surface area contributed by atoms with Gasteiger partial charge in [-0.2, -0.15) is 0 Å². The lowest BCUT2D eigenvalue weighted by Crippen LogP contribution is -2.47. The second-order valence-electron chi connectivity index (χ2n) is 5.06. The van der Waals surface area contributed by atoms with Gasteiger partial charge >= 0.3 is 0 Å². The van der Waals surface area contributed by atoms with Crippen molar-refractivity contribution < 1.29 is 4.79 Å². The van der Waals surface area contributed by atoms with Crippen LogP contribution in [0.1, 0.15) is 41.6 Å². The average molecular weight is 286 g/mol. The lowest BCUT2D eigenvalue weighted by atomic mass is 9.99. The van der Waals surface area contributed by atoms with Crippen molar-refractivity contribution in [3.05, 3.63) is 34.3 Å². The molecule has 1 amide bonds. The Bertz CT molecular complexity index is 453. The molecule has 0 unspecified atom stereocenters. The lowest BCUT2D eigenvalue weighted by Gasteiger charge is -2.28. The fraction of sp³-hybridized carbons (Fsp3) is 0.500. The second kappa shape index (κ2) is 5.50. The molecule has 1 fully saturated rings. The zero-order chi connectivity index (χ0) is 13.2. The third-order valence-corrected chi connectivity index (χ3v) is 4.39. The van der Waals surface area contributed by atoms with Crippen LogP contribution >= 0.6 is 23.2 Å². The first-order valence-electron chi connectivity index (χ1n) is 6.21. The predicted molar refractivity (Wildman–Crippen MR) is 75.6 cm³/mol. The molecule has 4 heteroatoms. The smallest absolute Gasteiger partial charge is 0.253 e. The highest BCUT2D eigenvalue weighted by atomic mass is 35.5. The van der Waals surface area contributed by atoms with Crippen LogP contribution in [0, 0.1) is 6.92 Å². The van der Waals surface area contributed by atoms with E-state index in [9.17, 15) is 4.79 Å². The minimum atomic E-state index is -0.243. The zero-order valence-electron chi connectivity index (χ0n) is 10.4. The molecular weight excluding hydrogens is 269 g/mol. The number of alkyl halides is 1. The Kier molecular flexibility index (Phi) is 4.18. The van der Waals surface area contributed by atoms with Gasteiger partial charge in [0.1, 0.15) is 0 Å². The number of amides is 1. The van der Waals surface area contributed by atoms with Crippen LogP contribution in [0.15, 0.2) is 18.2 Å². The summed E-state index contributed by atoms with van der Waals surface area (Å²) in [5.41, 5.74) is 1.33. The van der Waals surface area contributed by atoms with E-state index in [-0.39, 0.29) is 11.4 Å². The van der Waals surface area contributed by atoms with Gasteiger partial charge < -0.3 is 5.32 Å². The van der Waals surface area contributed by atoms with Crippen LogP contribution in [-0.4, -0.2) is 17.3 Å². The van der Waals surface area contributed by atoms with Gasteiger partial charge in [-0.25, -0.2) is 0 Å². The fourth-order valence-electron chi connectivity index (χ4n) is 2.46. The molecule has 2 rings (SSSR count). The van der Waals surface area contributed by atoms with Crippen LogP contribution < -0.4 is 5.32 Å². The Balaban J connectivity index is 2.16. The van der Waals surface area contributed by atoms with E-state index in [4.69, 9.17) is 23.2 Å². The van der Waals surface area contributed by atoms with Crippen molar-refractivity contribution in [2.45, 2.75) is 38.1 Å². The number of carbonyl (C=O) groups excluding carboxylic acids is 1. The van der Waals surface area contributed by atoms with E-state index in [0.717, 1.165) is 31.2 Å². The summed E-state index contributed by atoms with van der Waals surface area (Å²) in [4.78, 5) is 12.2. The van der Waals surface area contributed by atoms with Gasteiger partial charge in [0.2, 0.25) is 0 Å². The van der Waals surface area contributed by atoms with Gasteiger partial charge in [-0.05, 0) is 37.5 Å². The highest BCUT2D eigenvalue weighted by Crippen LogP contribution is 2.31. The molecule has 1 aliphatic carbocycles. The predicted octanol–water partition coefficient (Wildman–Crippen LogP) is 3.93. The molecule has 0 radical (unpaired) electrons.